The van der Waals surface area contributed by atoms with Crippen molar-refractivity contribution in [1.82, 2.24) is 9.97 Å². The Labute approximate surface area is 102 Å². The zero-order valence-corrected chi connectivity index (χ0v) is 10.2. The minimum absolute atomic E-state index is 0.305. The lowest BCUT2D eigenvalue weighted by Gasteiger charge is -2.30. The molecule has 1 fully saturated rings. The quantitative estimate of drug-likeness (QED) is 0.893. The summed E-state index contributed by atoms with van der Waals surface area (Å²) in [6, 6.07) is 0. The Morgan fingerprint density at radius 3 is 2.81 bits per heavy atom. The molecule has 0 saturated carbocycles. The van der Waals surface area contributed by atoms with Gasteiger partial charge in [0, 0.05) is 25.5 Å². The van der Waals surface area contributed by atoms with Crippen LogP contribution >= 0.6 is 15.9 Å². The number of nitrogens with zero attached hydrogens (tertiary/aromatic N) is 3. The molecule has 2 heterocycles. The van der Waals surface area contributed by atoms with Gasteiger partial charge in [0.05, 0.1) is 10.4 Å². The van der Waals surface area contributed by atoms with E-state index in [1.165, 1.54) is 0 Å². The van der Waals surface area contributed by atoms with Crippen LogP contribution in [0.4, 0.5) is 5.95 Å². The number of rotatable bonds is 2. The van der Waals surface area contributed by atoms with Crippen LogP contribution in [-0.2, 0) is 4.79 Å². The van der Waals surface area contributed by atoms with Crippen LogP contribution in [0.1, 0.15) is 12.8 Å². The first-order valence-corrected chi connectivity index (χ1v) is 5.91. The van der Waals surface area contributed by atoms with E-state index in [9.17, 15) is 4.79 Å². The van der Waals surface area contributed by atoms with E-state index >= 15 is 0 Å². The van der Waals surface area contributed by atoms with Crippen LogP contribution in [0.15, 0.2) is 16.9 Å². The normalized spacial score (nSPS) is 20.8. The molecule has 0 aliphatic carbocycles. The van der Waals surface area contributed by atoms with E-state index in [0.29, 0.717) is 12.5 Å². The molecule has 1 aromatic rings. The molecule has 86 valence electrons. The van der Waals surface area contributed by atoms with Crippen molar-refractivity contribution in [3.8, 4) is 0 Å². The topological polar surface area (TPSA) is 66.3 Å². The lowest BCUT2D eigenvalue weighted by atomic mass is 9.99. The molecule has 0 bridgehead atoms. The summed E-state index contributed by atoms with van der Waals surface area (Å²) in [7, 11) is 0. The number of halogens is 1. The molecule has 0 unspecified atom stereocenters. The van der Waals surface area contributed by atoms with Crippen LogP contribution in [0.3, 0.4) is 0 Å². The summed E-state index contributed by atoms with van der Waals surface area (Å²) in [5.74, 6) is -0.433. The van der Waals surface area contributed by atoms with Gasteiger partial charge in [-0.25, -0.2) is 9.97 Å². The van der Waals surface area contributed by atoms with Gasteiger partial charge < -0.3 is 10.0 Å². The fourth-order valence-electron chi connectivity index (χ4n) is 1.83. The van der Waals surface area contributed by atoms with Gasteiger partial charge >= 0.3 is 5.97 Å². The molecule has 1 aliphatic rings. The Bertz CT molecular complexity index is 382. The third-order valence-electron chi connectivity index (χ3n) is 2.66. The van der Waals surface area contributed by atoms with Crippen molar-refractivity contribution in [2.24, 2.45) is 5.92 Å². The summed E-state index contributed by atoms with van der Waals surface area (Å²) in [5.41, 5.74) is 0. The third-order valence-corrected chi connectivity index (χ3v) is 3.07. The van der Waals surface area contributed by atoms with Gasteiger partial charge in [-0.3, -0.25) is 4.79 Å². The molecule has 0 amide bonds. The molecule has 1 aliphatic heterocycles. The van der Waals surface area contributed by atoms with Crippen LogP contribution in [0.2, 0.25) is 0 Å². The molecule has 0 radical (unpaired) electrons. The van der Waals surface area contributed by atoms with Gasteiger partial charge in [-0.2, -0.15) is 0 Å². The van der Waals surface area contributed by atoms with Gasteiger partial charge in [0.15, 0.2) is 0 Å². The largest absolute Gasteiger partial charge is 0.481 e. The van der Waals surface area contributed by atoms with Gasteiger partial charge in [0.25, 0.3) is 0 Å². The van der Waals surface area contributed by atoms with Crippen molar-refractivity contribution in [2.45, 2.75) is 12.8 Å². The second-order valence-electron chi connectivity index (χ2n) is 3.82. The summed E-state index contributed by atoms with van der Waals surface area (Å²) in [5, 5.41) is 8.97. The molecule has 1 N–H and O–H groups in total. The molecule has 6 heteroatoms. The van der Waals surface area contributed by atoms with Gasteiger partial charge in [-0.05, 0) is 28.8 Å². The molecule has 0 spiro atoms. The van der Waals surface area contributed by atoms with Crippen molar-refractivity contribution in [3.05, 3.63) is 16.9 Å². The van der Waals surface area contributed by atoms with Crippen LogP contribution in [0, 0.1) is 5.92 Å². The van der Waals surface area contributed by atoms with Gasteiger partial charge in [-0.15, -0.1) is 0 Å². The maximum Gasteiger partial charge on any atom is 0.308 e. The minimum Gasteiger partial charge on any atom is -0.481 e. The van der Waals surface area contributed by atoms with Crippen molar-refractivity contribution in [2.75, 3.05) is 18.0 Å². The van der Waals surface area contributed by atoms with Gasteiger partial charge in [0.1, 0.15) is 0 Å². The summed E-state index contributed by atoms with van der Waals surface area (Å²) < 4.78 is 0.822. The molecule has 1 aromatic heterocycles. The average molecular weight is 286 g/mol. The Morgan fingerprint density at radius 2 is 2.19 bits per heavy atom. The highest BCUT2D eigenvalue weighted by atomic mass is 79.9. The zero-order valence-electron chi connectivity index (χ0n) is 8.64. The van der Waals surface area contributed by atoms with E-state index in [0.717, 1.165) is 23.9 Å². The fraction of sp³-hybridized carbons (Fsp3) is 0.500. The molecule has 1 saturated heterocycles. The summed E-state index contributed by atoms with van der Waals surface area (Å²) >= 11 is 3.27. The second kappa shape index (κ2) is 4.78. The number of piperidine rings is 1. The first kappa shape index (κ1) is 11.3. The first-order chi connectivity index (χ1) is 7.66. The SMILES string of the molecule is O=C(O)[C@H]1CCCN(c2ncc(Br)cn2)C1. The number of hydrogen-bond acceptors (Lipinski definition) is 4. The predicted octanol–water partition coefficient (Wildman–Crippen LogP) is 1.54. The van der Waals surface area contributed by atoms with Crippen molar-refractivity contribution >= 4 is 27.8 Å². The maximum absolute atomic E-state index is 10.9. The Kier molecular flexibility index (Phi) is 3.38. The van der Waals surface area contributed by atoms with Gasteiger partial charge in [-0.1, -0.05) is 0 Å². The molecule has 1 atom stereocenters. The second-order valence-corrected chi connectivity index (χ2v) is 4.74. The predicted molar refractivity (Wildman–Crippen MR) is 62.3 cm³/mol. The summed E-state index contributed by atoms with van der Waals surface area (Å²) in [6.45, 7) is 1.32. The van der Waals surface area contributed by atoms with Crippen molar-refractivity contribution in [1.29, 1.82) is 0 Å². The Balaban J connectivity index is 2.09. The highest BCUT2D eigenvalue weighted by molar-refractivity contribution is 9.10. The van der Waals surface area contributed by atoms with Crippen molar-refractivity contribution < 1.29 is 9.90 Å². The standard InChI is InChI=1S/C10H12BrN3O2/c11-8-4-12-10(13-5-8)14-3-1-2-7(6-14)9(15)16/h4-5,7H,1-3,6H2,(H,15,16)/t7-/m0/s1. The van der Waals surface area contributed by atoms with E-state index in [1.807, 2.05) is 4.90 Å². The molecule has 0 aromatic carbocycles. The van der Waals surface area contributed by atoms with E-state index in [-0.39, 0.29) is 5.92 Å². The number of carboxylic acid groups (broad SMARTS) is 1. The number of carboxylic acids is 1. The van der Waals surface area contributed by atoms with Crippen LogP contribution in [-0.4, -0.2) is 34.1 Å². The summed E-state index contributed by atoms with van der Waals surface area (Å²) in [4.78, 5) is 21.2. The molecule has 2 rings (SSSR count). The van der Waals surface area contributed by atoms with E-state index in [2.05, 4.69) is 25.9 Å². The van der Waals surface area contributed by atoms with Gasteiger partial charge in [0.2, 0.25) is 5.95 Å². The van der Waals surface area contributed by atoms with E-state index in [1.54, 1.807) is 12.4 Å². The molecular weight excluding hydrogens is 274 g/mol. The van der Waals surface area contributed by atoms with Crippen LogP contribution in [0.5, 0.6) is 0 Å². The minimum atomic E-state index is -0.734. The Hall–Kier alpha value is -1.17. The Morgan fingerprint density at radius 1 is 1.50 bits per heavy atom. The number of carbonyl (C=O) groups is 1. The number of aliphatic carboxylic acids is 1. The maximum atomic E-state index is 10.9. The lowest BCUT2D eigenvalue weighted by molar-refractivity contribution is -0.141. The van der Waals surface area contributed by atoms with Crippen molar-refractivity contribution in [3.63, 3.8) is 0 Å². The smallest absolute Gasteiger partial charge is 0.308 e. The van der Waals surface area contributed by atoms with Crippen LogP contribution < -0.4 is 4.90 Å². The van der Waals surface area contributed by atoms with E-state index < -0.39 is 5.97 Å². The molecular formula is C10H12BrN3O2. The fourth-order valence-corrected chi connectivity index (χ4v) is 2.03. The van der Waals surface area contributed by atoms with E-state index in [4.69, 9.17) is 5.11 Å². The highest BCUT2D eigenvalue weighted by Crippen LogP contribution is 2.20. The number of aromatic nitrogens is 2. The zero-order chi connectivity index (χ0) is 11.5. The third kappa shape index (κ3) is 2.49. The highest BCUT2D eigenvalue weighted by Gasteiger charge is 2.26. The molecule has 16 heavy (non-hydrogen) atoms. The number of hydrogen-bond donors (Lipinski definition) is 1. The number of anilines is 1. The monoisotopic (exact) mass is 285 g/mol. The summed E-state index contributed by atoms with van der Waals surface area (Å²) in [6.07, 6.45) is 4.96. The lowest BCUT2D eigenvalue weighted by Crippen LogP contribution is -2.39. The molecule has 5 nitrogen and oxygen atoms in total. The average Bonchev–Trinajstić information content (AvgIpc) is 2.30. The van der Waals surface area contributed by atoms with Crippen LogP contribution in [0.25, 0.3) is 0 Å². The first-order valence-electron chi connectivity index (χ1n) is 5.12.